The Morgan fingerprint density at radius 1 is 1.33 bits per heavy atom. The standard InChI is InChI=1S/C10H18O2/c1-9(2,3)7-6(8(11)12)10(7,4)5/h6-7H,1-5H3,(H,11,12). The van der Waals surface area contributed by atoms with Crippen molar-refractivity contribution in [3.63, 3.8) is 0 Å². The predicted molar refractivity (Wildman–Crippen MR) is 47.9 cm³/mol. The lowest BCUT2D eigenvalue weighted by molar-refractivity contribution is -0.139. The van der Waals surface area contributed by atoms with Crippen molar-refractivity contribution in [1.29, 1.82) is 0 Å². The molecule has 0 heterocycles. The Balaban J connectivity index is 2.80. The van der Waals surface area contributed by atoms with Crippen molar-refractivity contribution in [2.24, 2.45) is 22.7 Å². The molecule has 1 fully saturated rings. The van der Waals surface area contributed by atoms with Crippen LogP contribution in [0.1, 0.15) is 34.6 Å². The Morgan fingerprint density at radius 2 is 1.75 bits per heavy atom. The second-order valence-electron chi connectivity index (χ2n) is 5.48. The van der Waals surface area contributed by atoms with Gasteiger partial charge in [-0.3, -0.25) is 4.79 Å². The van der Waals surface area contributed by atoms with Gasteiger partial charge in [0.25, 0.3) is 0 Å². The maximum atomic E-state index is 10.8. The molecular formula is C10H18O2. The highest BCUT2D eigenvalue weighted by Gasteiger charge is 2.65. The van der Waals surface area contributed by atoms with Gasteiger partial charge in [0.2, 0.25) is 0 Å². The number of aliphatic carboxylic acids is 1. The molecule has 1 saturated carbocycles. The summed E-state index contributed by atoms with van der Waals surface area (Å²) in [4.78, 5) is 10.8. The van der Waals surface area contributed by atoms with E-state index < -0.39 is 5.97 Å². The molecule has 0 aromatic rings. The fraction of sp³-hybridized carbons (Fsp3) is 0.900. The third-order valence-corrected chi connectivity index (χ3v) is 3.03. The first-order valence-corrected chi connectivity index (χ1v) is 4.42. The highest BCUT2D eigenvalue weighted by atomic mass is 16.4. The van der Waals surface area contributed by atoms with E-state index in [0.29, 0.717) is 5.92 Å². The zero-order chi connectivity index (χ0) is 9.73. The molecule has 1 aliphatic rings. The number of carboxylic acid groups (broad SMARTS) is 1. The Bertz CT molecular complexity index is 210. The highest BCUT2D eigenvalue weighted by molar-refractivity contribution is 5.75. The molecule has 2 nitrogen and oxygen atoms in total. The smallest absolute Gasteiger partial charge is 0.307 e. The van der Waals surface area contributed by atoms with Crippen molar-refractivity contribution in [1.82, 2.24) is 0 Å². The average molecular weight is 170 g/mol. The van der Waals surface area contributed by atoms with Gasteiger partial charge in [-0.1, -0.05) is 34.6 Å². The number of rotatable bonds is 1. The van der Waals surface area contributed by atoms with Gasteiger partial charge in [0, 0.05) is 0 Å². The van der Waals surface area contributed by atoms with Crippen molar-refractivity contribution >= 4 is 5.97 Å². The molecule has 0 aromatic carbocycles. The molecule has 0 bridgehead atoms. The fourth-order valence-corrected chi connectivity index (χ4v) is 2.71. The summed E-state index contributed by atoms with van der Waals surface area (Å²) in [6.07, 6.45) is 0. The summed E-state index contributed by atoms with van der Waals surface area (Å²) in [6.45, 7) is 10.4. The second-order valence-corrected chi connectivity index (χ2v) is 5.48. The Kier molecular flexibility index (Phi) is 1.78. The number of carboxylic acids is 1. The topological polar surface area (TPSA) is 37.3 Å². The molecule has 1 aliphatic carbocycles. The van der Waals surface area contributed by atoms with Gasteiger partial charge in [0.15, 0.2) is 0 Å². The third kappa shape index (κ3) is 1.23. The summed E-state index contributed by atoms with van der Waals surface area (Å²) >= 11 is 0. The largest absolute Gasteiger partial charge is 0.481 e. The quantitative estimate of drug-likeness (QED) is 0.656. The van der Waals surface area contributed by atoms with Crippen molar-refractivity contribution in [2.45, 2.75) is 34.6 Å². The van der Waals surface area contributed by atoms with Crippen LogP contribution in [0, 0.1) is 22.7 Å². The van der Waals surface area contributed by atoms with Crippen LogP contribution < -0.4 is 0 Å². The summed E-state index contributed by atoms with van der Waals surface area (Å²) in [7, 11) is 0. The normalized spacial score (nSPS) is 33.1. The summed E-state index contributed by atoms with van der Waals surface area (Å²) in [6, 6.07) is 0. The fourth-order valence-electron chi connectivity index (χ4n) is 2.71. The predicted octanol–water partition coefficient (Wildman–Crippen LogP) is 2.39. The lowest BCUT2D eigenvalue weighted by Gasteiger charge is -2.19. The van der Waals surface area contributed by atoms with E-state index in [1.165, 1.54) is 0 Å². The van der Waals surface area contributed by atoms with E-state index in [-0.39, 0.29) is 16.7 Å². The summed E-state index contributed by atoms with van der Waals surface area (Å²) in [5.41, 5.74) is 0.108. The minimum atomic E-state index is -0.639. The molecule has 0 saturated heterocycles. The molecule has 1 rings (SSSR count). The first-order chi connectivity index (χ1) is 5.19. The molecular weight excluding hydrogens is 152 g/mol. The van der Waals surface area contributed by atoms with Gasteiger partial charge in [-0.15, -0.1) is 0 Å². The van der Waals surface area contributed by atoms with Crippen molar-refractivity contribution in [2.75, 3.05) is 0 Å². The van der Waals surface area contributed by atoms with E-state index in [0.717, 1.165) is 0 Å². The monoisotopic (exact) mass is 170 g/mol. The number of carbonyl (C=O) groups is 1. The molecule has 1 N–H and O–H groups in total. The number of hydrogen-bond donors (Lipinski definition) is 1. The Hall–Kier alpha value is -0.530. The van der Waals surface area contributed by atoms with Gasteiger partial charge in [-0.25, -0.2) is 0 Å². The van der Waals surface area contributed by atoms with Crippen molar-refractivity contribution < 1.29 is 9.90 Å². The van der Waals surface area contributed by atoms with Gasteiger partial charge in [0.1, 0.15) is 0 Å². The van der Waals surface area contributed by atoms with E-state index >= 15 is 0 Å². The van der Waals surface area contributed by atoms with E-state index in [2.05, 4.69) is 20.8 Å². The first kappa shape index (κ1) is 9.56. The van der Waals surface area contributed by atoms with Crippen LogP contribution in [0.5, 0.6) is 0 Å². The Labute approximate surface area is 74.0 Å². The zero-order valence-corrected chi connectivity index (χ0v) is 8.51. The van der Waals surface area contributed by atoms with Crippen LogP contribution in [-0.4, -0.2) is 11.1 Å². The average Bonchev–Trinajstić information content (AvgIpc) is 2.31. The Morgan fingerprint density at radius 3 is 1.83 bits per heavy atom. The van der Waals surface area contributed by atoms with Gasteiger partial charge in [0.05, 0.1) is 5.92 Å². The van der Waals surface area contributed by atoms with Gasteiger partial charge in [-0.05, 0) is 16.7 Å². The molecule has 0 amide bonds. The van der Waals surface area contributed by atoms with E-state index in [9.17, 15) is 4.79 Å². The molecule has 12 heavy (non-hydrogen) atoms. The van der Waals surface area contributed by atoms with Crippen LogP contribution in [0.4, 0.5) is 0 Å². The van der Waals surface area contributed by atoms with Crippen LogP contribution >= 0.6 is 0 Å². The van der Waals surface area contributed by atoms with Crippen LogP contribution in [-0.2, 0) is 4.79 Å². The van der Waals surface area contributed by atoms with Crippen molar-refractivity contribution in [3.8, 4) is 0 Å². The molecule has 0 aromatic heterocycles. The molecule has 2 heteroatoms. The molecule has 0 radical (unpaired) electrons. The van der Waals surface area contributed by atoms with Crippen LogP contribution in [0.25, 0.3) is 0 Å². The van der Waals surface area contributed by atoms with Gasteiger partial charge < -0.3 is 5.11 Å². The molecule has 0 spiro atoms. The van der Waals surface area contributed by atoms with E-state index in [1.54, 1.807) is 0 Å². The van der Waals surface area contributed by atoms with E-state index in [4.69, 9.17) is 5.11 Å². The summed E-state index contributed by atoms with van der Waals surface area (Å²) < 4.78 is 0. The minimum absolute atomic E-state index is 0.00984. The van der Waals surface area contributed by atoms with Crippen molar-refractivity contribution in [3.05, 3.63) is 0 Å². The lowest BCUT2D eigenvalue weighted by atomic mass is 9.85. The summed E-state index contributed by atoms with van der Waals surface area (Å²) in [5, 5.41) is 8.92. The van der Waals surface area contributed by atoms with Crippen LogP contribution in [0.15, 0.2) is 0 Å². The van der Waals surface area contributed by atoms with E-state index in [1.807, 2.05) is 13.8 Å². The third-order valence-electron chi connectivity index (χ3n) is 3.03. The number of hydrogen-bond acceptors (Lipinski definition) is 1. The maximum absolute atomic E-state index is 10.8. The minimum Gasteiger partial charge on any atom is -0.481 e. The lowest BCUT2D eigenvalue weighted by Crippen LogP contribution is -2.13. The highest BCUT2D eigenvalue weighted by Crippen LogP contribution is 2.65. The first-order valence-electron chi connectivity index (χ1n) is 4.42. The van der Waals surface area contributed by atoms with Gasteiger partial charge >= 0.3 is 5.97 Å². The zero-order valence-electron chi connectivity index (χ0n) is 8.51. The van der Waals surface area contributed by atoms with Crippen LogP contribution in [0.3, 0.4) is 0 Å². The second kappa shape index (κ2) is 2.24. The molecule has 2 atom stereocenters. The summed E-state index contributed by atoms with van der Waals surface area (Å²) in [5.74, 6) is -0.458. The molecule has 70 valence electrons. The SMILES string of the molecule is CC(C)(C)C1C(C(=O)O)C1(C)C. The maximum Gasteiger partial charge on any atom is 0.307 e. The van der Waals surface area contributed by atoms with Gasteiger partial charge in [-0.2, -0.15) is 0 Å². The van der Waals surface area contributed by atoms with Crippen LogP contribution in [0.2, 0.25) is 0 Å². The molecule has 0 aliphatic heterocycles. The molecule has 2 unspecified atom stereocenters.